The normalized spacial score (nSPS) is 21.6. The van der Waals surface area contributed by atoms with Crippen LogP contribution >= 0.6 is 11.6 Å². The molecule has 3 aromatic heterocycles. The summed E-state index contributed by atoms with van der Waals surface area (Å²) in [5.41, 5.74) is 1.98. The molecule has 1 saturated carbocycles. The molecule has 32 heavy (non-hydrogen) atoms. The fraction of sp³-hybridized carbons (Fsp3) is 0.217. The van der Waals surface area contributed by atoms with Gasteiger partial charge < -0.3 is 10.3 Å². The lowest BCUT2D eigenvalue weighted by Crippen LogP contribution is -2.32. The second-order valence-electron chi connectivity index (χ2n) is 8.06. The van der Waals surface area contributed by atoms with Gasteiger partial charge in [-0.25, -0.2) is 4.98 Å². The molecule has 1 aromatic carbocycles. The highest BCUT2D eigenvalue weighted by molar-refractivity contribution is 6.30. The maximum absolute atomic E-state index is 13.3. The fourth-order valence-electron chi connectivity index (χ4n) is 4.26. The van der Waals surface area contributed by atoms with E-state index in [1.807, 2.05) is 16.9 Å². The molecule has 2 aliphatic rings. The van der Waals surface area contributed by atoms with E-state index in [0.29, 0.717) is 29.2 Å². The summed E-state index contributed by atoms with van der Waals surface area (Å²) < 4.78 is 41.9. The van der Waals surface area contributed by atoms with E-state index in [2.05, 4.69) is 32.2 Å². The molecule has 6 rings (SSSR count). The molecule has 0 spiro atoms. The zero-order valence-electron chi connectivity index (χ0n) is 16.4. The highest BCUT2D eigenvalue weighted by atomic mass is 35.5. The highest BCUT2D eigenvalue weighted by Crippen LogP contribution is 2.49. The van der Waals surface area contributed by atoms with E-state index in [1.54, 1.807) is 18.6 Å². The molecule has 0 radical (unpaired) electrons. The molecule has 3 atom stereocenters. The minimum atomic E-state index is -4.51. The maximum Gasteiger partial charge on any atom is 0.417 e. The molecule has 5 nitrogen and oxygen atoms in total. The van der Waals surface area contributed by atoms with Gasteiger partial charge in [0.15, 0.2) is 0 Å². The van der Waals surface area contributed by atoms with Gasteiger partial charge in [0, 0.05) is 64.2 Å². The van der Waals surface area contributed by atoms with Crippen LogP contribution in [0.4, 0.5) is 13.2 Å². The first-order chi connectivity index (χ1) is 15.4. The van der Waals surface area contributed by atoms with Crippen molar-refractivity contribution in [2.75, 3.05) is 6.54 Å². The molecule has 2 fully saturated rings. The Morgan fingerprint density at radius 1 is 1.09 bits per heavy atom. The Labute approximate surface area is 185 Å². The Bertz CT molecular complexity index is 1410. The van der Waals surface area contributed by atoms with Crippen LogP contribution in [-0.4, -0.2) is 32.3 Å². The summed E-state index contributed by atoms with van der Waals surface area (Å²) in [5.74, 6) is 6.15. The molecule has 1 aliphatic heterocycles. The van der Waals surface area contributed by atoms with Gasteiger partial charge in [-0.15, -0.1) is 0 Å². The Balaban J connectivity index is 1.36. The van der Waals surface area contributed by atoms with Gasteiger partial charge in [0.25, 0.3) is 0 Å². The molecule has 2 N–H and O–H groups in total. The molecule has 0 bridgehead atoms. The van der Waals surface area contributed by atoms with E-state index in [4.69, 9.17) is 11.6 Å². The summed E-state index contributed by atoms with van der Waals surface area (Å²) in [6.07, 6.45) is 2.69. The first-order valence-electron chi connectivity index (χ1n) is 10.0. The van der Waals surface area contributed by atoms with Crippen LogP contribution < -0.4 is 5.32 Å². The third kappa shape index (κ3) is 3.17. The van der Waals surface area contributed by atoms with Crippen LogP contribution in [0.1, 0.15) is 22.7 Å². The summed E-state index contributed by atoms with van der Waals surface area (Å²) in [4.78, 5) is 7.46. The molecule has 160 valence electrons. The minimum Gasteiger partial charge on any atom is -0.345 e. The van der Waals surface area contributed by atoms with Gasteiger partial charge in [-0.2, -0.15) is 18.3 Å². The van der Waals surface area contributed by atoms with Gasteiger partial charge >= 0.3 is 6.18 Å². The Hall–Kier alpha value is -3.28. The van der Waals surface area contributed by atoms with Crippen molar-refractivity contribution in [3.63, 3.8) is 0 Å². The van der Waals surface area contributed by atoms with E-state index in [1.165, 1.54) is 12.1 Å². The smallest absolute Gasteiger partial charge is 0.345 e. The zero-order valence-corrected chi connectivity index (χ0v) is 17.2. The summed E-state index contributed by atoms with van der Waals surface area (Å²) in [6, 6.07) is 6.25. The number of benzene rings is 1. The van der Waals surface area contributed by atoms with Crippen LogP contribution in [0.2, 0.25) is 5.02 Å². The number of fused-ring (bicyclic) bond motifs is 2. The summed E-state index contributed by atoms with van der Waals surface area (Å²) in [5, 5.41) is 8.80. The standard InChI is InChI=1S/C23H15ClF3N5/c24-16-3-4-19(23(25,26)27)12(5-16)1-2-13-7-29-22-17(13)6-14(8-30-22)15-9-31-32(11-15)21-18-10-28-20(18)21/h3-9,11,18,20-21,28H,10H2,(H,29,30). The summed E-state index contributed by atoms with van der Waals surface area (Å²) >= 11 is 5.90. The van der Waals surface area contributed by atoms with Gasteiger partial charge in [0.2, 0.25) is 0 Å². The summed E-state index contributed by atoms with van der Waals surface area (Å²) in [6.45, 7) is 1.03. The fourth-order valence-corrected chi connectivity index (χ4v) is 4.44. The van der Waals surface area contributed by atoms with Crippen molar-refractivity contribution in [3.8, 4) is 23.0 Å². The van der Waals surface area contributed by atoms with Crippen molar-refractivity contribution in [1.82, 2.24) is 25.1 Å². The molecule has 1 saturated heterocycles. The van der Waals surface area contributed by atoms with Crippen molar-refractivity contribution >= 4 is 22.6 Å². The molecular weight excluding hydrogens is 439 g/mol. The van der Waals surface area contributed by atoms with Gasteiger partial charge in [-0.05, 0) is 24.3 Å². The SMILES string of the molecule is FC(F)(F)c1ccc(Cl)cc1C#Cc1c[nH]c2ncc(-c3cnn(C4C5CNC54)c3)cc12. The van der Waals surface area contributed by atoms with Crippen molar-refractivity contribution in [1.29, 1.82) is 0 Å². The van der Waals surface area contributed by atoms with E-state index in [-0.39, 0.29) is 10.6 Å². The van der Waals surface area contributed by atoms with Crippen molar-refractivity contribution < 1.29 is 13.2 Å². The lowest BCUT2D eigenvalue weighted by Gasteiger charge is -2.08. The highest BCUT2D eigenvalue weighted by Gasteiger charge is 2.58. The first kappa shape index (κ1) is 19.4. The van der Waals surface area contributed by atoms with E-state index in [9.17, 15) is 13.2 Å². The van der Waals surface area contributed by atoms with Crippen molar-refractivity contribution in [3.05, 3.63) is 70.8 Å². The van der Waals surface area contributed by atoms with Crippen LogP contribution in [0.25, 0.3) is 22.2 Å². The van der Waals surface area contributed by atoms with E-state index in [0.717, 1.165) is 29.1 Å². The number of aromatic amines is 1. The molecule has 9 heteroatoms. The minimum absolute atomic E-state index is 0.169. The van der Waals surface area contributed by atoms with Gasteiger partial charge in [-0.3, -0.25) is 4.68 Å². The second-order valence-corrected chi connectivity index (χ2v) is 8.49. The van der Waals surface area contributed by atoms with Crippen LogP contribution in [0, 0.1) is 17.8 Å². The lowest BCUT2D eigenvalue weighted by atomic mass is 10.1. The number of alkyl halides is 3. The van der Waals surface area contributed by atoms with E-state index >= 15 is 0 Å². The Morgan fingerprint density at radius 3 is 2.66 bits per heavy atom. The number of hydrogen-bond donors (Lipinski definition) is 2. The molecule has 4 heterocycles. The lowest BCUT2D eigenvalue weighted by molar-refractivity contribution is -0.137. The van der Waals surface area contributed by atoms with Crippen LogP contribution in [0.5, 0.6) is 0 Å². The second kappa shape index (κ2) is 6.86. The van der Waals surface area contributed by atoms with Crippen LogP contribution in [0.15, 0.2) is 49.1 Å². The zero-order chi connectivity index (χ0) is 22.0. The number of H-pyrrole nitrogens is 1. The predicted molar refractivity (Wildman–Crippen MR) is 114 cm³/mol. The van der Waals surface area contributed by atoms with Crippen LogP contribution in [0.3, 0.4) is 0 Å². The number of aromatic nitrogens is 4. The molecule has 0 amide bonds. The number of nitrogens with one attached hydrogen (secondary N) is 2. The number of halogens is 4. The quantitative estimate of drug-likeness (QED) is 0.435. The molecule has 1 aliphatic carbocycles. The number of nitrogens with zero attached hydrogens (tertiary/aromatic N) is 3. The third-order valence-electron chi connectivity index (χ3n) is 6.11. The summed E-state index contributed by atoms with van der Waals surface area (Å²) in [7, 11) is 0. The molecule has 3 unspecified atom stereocenters. The Morgan fingerprint density at radius 2 is 1.91 bits per heavy atom. The third-order valence-corrected chi connectivity index (χ3v) is 6.34. The number of pyridine rings is 1. The van der Waals surface area contributed by atoms with Crippen molar-refractivity contribution in [2.45, 2.75) is 18.3 Å². The first-order valence-corrected chi connectivity index (χ1v) is 10.4. The largest absolute Gasteiger partial charge is 0.417 e. The Kier molecular flexibility index (Phi) is 4.16. The van der Waals surface area contributed by atoms with Crippen molar-refractivity contribution in [2.24, 2.45) is 5.92 Å². The predicted octanol–water partition coefficient (Wildman–Crippen LogP) is 4.64. The molecule has 4 aromatic rings. The number of rotatable bonds is 2. The van der Waals surface area contributed by atoms with Gasteiger partial charge in [0.05, 0.1) is 23.4 Å². The van der Waals surface area contributed by atoms with Crippen LogP contribution in [-0.2, 0) is 6.18 Å². The van der Waals surface area contributed by atoms with Gasteiger partial charge in [0.1, 0.15) is 5.65 Å². The monoisotopic (exact) mass is 453 g/mol. The topological polar surface area (TPSA) is 58.5 Å². The molecular formula is C23H15ClF3N5. The maximum atomic E-state index is 13.3. The average Bonchev–Trinajstić information content (AvgIpc) is 3.14. The number of hydrogen-bond acceptors (Lipinski definition) is 3. The van der Waals surface area contributed by atoms with Gasteiger partial charge in [-0.1, -0.05) is 23.4 Å². The van der Waals surface area contributed by atoms with E-state index < -0.39 is 11.7 Å². The average molecular weight is 454 g/mol.